The van der Waals surface area contributed by atoms with E-state index in [1.807, 2.05) is 0 Å². The molecule has 0 saturated heterocycles. The lowest BCUT2D eigenvalue weighted by Gasteiger charge is -2.60. The molecule has 84 valence electrons. The summed E-state index contributed by atoms with van der Waals surface area (Å²) in [6.07, 6.45) is 7.98. The maximum absolute atomic E-state index is 10.5. The van der Waals surface area contributed by atoms with Gasteiger partial charge >= 0.3 is 0 Å². The number of fused-ring (bicyclic) bond motifs is 1. The van der Waals surface area contributed by atoms with Gasteiger partial charge in [-0.15, -0.1) is 0 Å². The third kappa shape index (κ3) is 1.08. The van der Waals surface area contributed by atoms with Crippen molar-refractivity contribution >= 4 is 6.41 Å². The van der Waals surface area contributed by atoms with Crippen LogP contribution >= 0.6 is 0 Å². The molecule has 0 unspecified atom stereocenters. The Morgan fingerprint density at radius 3 is 2.93 bits per heavy atom. The monoisotopic (exact) mass is 207 g/mol. The van der Waals surface area contributed by atoms with E-state index in [9.17, 15) is 4.79 Å². The predicted octanol–water partition coefficient (Wildman–Crippen LogP) is 2.19. The lowest BCUT2D eigenvalue weighted by molar-refractivity contribution is -0.123. The summed E-state index contributed by atoms with van der Waals surface area (Å²) in [4.78, 5) is 10.5. The second kappa shape index (κ2) is 3.23. The standard InChI is InChI=1S/C13H21NO/c1-2-13(7-14-8-15)11-4-3-9-5-10(11)12(13)6-9/h8-12H,2-7H2,1H3,(H,14,15)/t9-,10-,11+,12-,13-/m0/s1. The van der Waals surface area contributed by atoms with E-state index in [0.717, 1.165) is 36.6 Å². The van der Waals surface area contributed by atoms with Crippen LogP contribution in [0.1, 0.15) is 39.0 Å². The highest BCUT2D eigenvalue weighted by molar-refractivity contribution is 5.46. The van der Waals surface area contributed by atoms with E-state index < -0.39 is 0 Å². The number of amides is 1. The molecule has 0 aromatic rings. The van der Waals surface area contributed by atoms with Gasteiger partial charge in [0.2, 0.25) is 6.41 Å². The summed E-state index contributed by atoms with van der Waals surface area (Å²) in [5.74, 6) is 3.92. The van der Waals surface area contributed by atoms with Crippen LogP contribution in [0, 0.1) is 29.1 Å². The first-order valence-corrected chi connectivity index (χ1v) is 6.49. The summed E-state index contributed by atoms with van der Waals surface area (Å²) in [5, 5.41) is 2.96. The van der Waals surface area contributed by atoms with Gasteiger partial charge in [0.05, 0.1) is 0 Å². The minimum Gasteiger partial charge on any atom is -0.358 e. The Morgan fingerprint density at radius 2 is 2.20 bits per heavy atom. The Labute approximate surface area is 91.8 Å². The molecule has 0 aliphatic heterocycles. The van der Waals surface area contributed by atoms with Crippen LogP contribution in [-0.2, 0) is 4.79 Å². The molecule has 15 heavy (non-hydrogen) atoms. The smallest absolute Gasteiger partial charge is 0.207 e. The molecule has 0 aromatic carbocycles. The van der Waals surface area contributed by atoms with Crippen molar-refractivity contribution in [3.05, 3.63) is 0 Å². The van der Waals surface area contributed by atoms with E-state index in [1.165, 1.54) is 32.1 Å². The maximum Gasteiger partial charge on any atom is 0.207 e. The zero-order chi connectivity index (χ0) is 10.5. The van der Waals surface area contributed by atoms with Crippen LogP contribution in [0.2, 0.25) is 0 Å². The normalized spacial score (nSPS) is 51.0. The van der Waals surface area contributed by atoms with E-state index >= 15 is 0 Å². The van der Waals surface area contributed by atoms with Crippen molar-refractivity contribution in [2.45, 2.75) is 39.0 Å². The highest BCUT2D eigenvalue weighted by atomic mass is 16.1. The van der Waals surface area contributed by atoms with E-state index in [0.29, 0.717) is 5.41 Å². The van der Waals surface area contributed by atoms with Crippen LogP contribution < -0.4 is 5.32 Å². The molecular formula is C13H21NO. The zero-order valence-electron chi connectivity index (χ0n) is 9.54. The summed E-state index contributed by atoms with van der Waals surface area (Å²) in [6, 6.07) is 0. The average molecular weight is 207 g/mol. The number of hydrogen-bond donors (Lipinski definition) is 1. The first kappa shape index (κ1) is 9.68. The predicted molar refractivity (Wildman–Crippen MR) is 59.2 cm³/mol. The SMILES string of the molecule is CC[C@]1(CNC=O)[C@@H]2CC[C@H]3C[C@@H]2[C@@H]1C3. The molecule has 3 aliphatic carbocycles. The molecule has 3 saturated carbocycles. The highest BCUT2D eigenvalue weighted by Crippen LogP contribution is 2.70. The molecule has 0 heterocycles. The molecular weight excluding hydrogens is 186 g/mol. The fourth-order valence-electron chi connectivity index (χ4n) is 5.16. The molecule has 2 heteroatoms. The van der Waals surface area contributed by atoms with Crippen LogP contribution in [0.5, 0.6) is 0 Å². The molecule has 2 bridgehead atoms. The molecule has 0 radical (unpaired) electrons. The van der Waals surface area contributed by atoms with Crippen LogP contribution in [0.15, 0.2) is 0 Å². The Hall–Kier alpha value is -0.530. The fourth-order valence-corrected chi connectivity index (χ4v) is 5.16. The minimum atomic E-state index is 0.483. The van der Waals surface area contributed by atoms with E-state index in [4.69, 9.17) is 0 Å². The van der Waals surface area contributed by atoms with Crippen molar-refractivity contribution < 1.29 is 4.79 Å². The van der Waals surface area contributed by atoms with Gasteiger partial charge in [-0.1, -0.05) is 13.3 Å². The van der Waals surface area contributed by atoms with Crippen molar-refractivity contribution in [2.24, 2.45) is 29.1 Å². The number of nitrogens with one attached hydrogen (secondary N) is 1. The lowest BCUT2D eigenvalue weighted by atomic mass is 9.45. The van der Waals surface area contributed by atoms with E-state index in [1.54, 1.807) is 0 Å². The molecule has 3 rings (SSSR count). The number of carbonyl (C=O) groups is 1. The van der Waals surface area contributed by atoms with Gasteiger partial charge in [-0.25, -0.2) is 0 Å². The summed E-state index contributed by atoms with van der Waals surface area (Å²) < 4.78 is 0. The van der Waals surface area contributed by atoms with Crippen molar-refractivity contribution in [1.82, 2.24) is 5.32 Å². The molecule has 0 spiro atoms. The Morgan fingerprint density at radius 1 is 1.33 bits per heavy atom. The van der Waals surface area contributed by atoms with Crippen molar-refractivity contribution in [1.29, 1.82) is 0 Å². The fraction of sp³-hybridized carbons (Fsp3) is 0.923. The Balaban J connectivity index is 1.82. The molecule has 3 aliphatic rings. The van der Waals surface area contributed by atoms with Gasteiger partial charge in [0.15, 0.2) is 0 Å². The topological polar surface area (TPSA) is 29.1 Å². The molecule has 1 amide bonds. The van der Waals surface area contributed by atoms with E-state index in [2.05, 4.69) is 12.2 Å². The lowest BCUT2D eigenvalue weighted by Crippen LogP contribution is -2.58. The molecule has 3 fully saturated rings. The highest BCUT2D eigenvalue weighted by Gasteiger charge is 2.64. The number of carbonyl (C=O) groups excluding carboxylic acids is 1. The van der Waals surface area contributed by atoms with Crippen molar-refractivity contribution in [3.63, 3.8) is 0 Å². The first-order chi connectivity index (χ1) is 7.31. The molecule has 5 atom stereocenters. The van der Waals surface area contributed by atoms with Gasteiger partial charge < -0.3 is 5.32 Å². The van der Waals surface area contributed by atoms with Gasteiger partial charge in [0.25, 0.3) is 0 Å². The Bertz CT molecular complexity index is 270. The number of rotatable bonds is 4. The minimum absolute atomic E-state index is 0.483. The van der Waals surface area contributed by atoms with Crippen molar-refractivity contribution in [2.75, 3.05) is 6.54 Å². The van der Waals surface area contributed by atoms with Gasteiger partial charge in [-0.05, 0) is 54.8 Å². The number of hydrogen-bond acceptors (Lipinski definition) is 1. The second-order valence-electron chi connectivity index (χ2n) is 5.88. The molecule has 2 nitrogen and oxygen atoms in total. The summed E-state index contributed by atoms with van der Waals surface area (Å²) in [5.41, 5.74) is 0.483. The van der Waals surface area contributed by atoms with Crippen LogP contribution in [-0.4, -0.2) is 13.0 Å². The first-order valence-electron chi connectivity index (χ1n) is 6.49. The summed E-state index contributed by atoms with van der Waals surface area (Å²) in [7, 11) is 0. The van der Waals surface area contributed by atoms with E-state index in [-0.39, 0.29) is 0 Å². The van der Waals surface area contributed by atoms with Gasteiger partial charge in [0, 0.05) is 6.54 Å². The van der Waals surface area contributed by atoms with Crippen molar-refractivity contribution in [3.8, 4) is 0 Å². The molecule has 1 N–H and O–H groups in total. The quantitative estimate of drug-likeness (QED) is 0.703. The third-order valence-electron chi connectivity index (χ3n) is 5.76. The average Bonchev–Trinajstić information content (AvgIpc) is 2.46. The summed E-state index contributed by atoms with van der Waals surface area (Å²) in [6.45, 7) is 3.25. The van der Waals surface area contributed by atoms with Crippen LogP contribution in [0.4, 0.5) is 0 Å². The third-order valence-corrected chi connectivity index (χ3v) is 5.76. The zero-order valence-corrected chi connectivity index (χ0v) is 9.54. The molecule has 0 aromatic heterocycles. The van der Waals surface area contributed by atoms with Gasteiger partial charge in [-0.3, -0.25) is 4.79 Å². The van der Waals surface area contributed by atoms with Gasteiger partial charge in [-0.2, -0.15) is 0 Å². The largest absolute Gasteiger partial charge is 0.358 e. The Kier molecular flexibility index (Phi) is 2.08. The van der Waals surface area contributed by atoms with Crippen LogP contribution in [0.25, 0.3) is 0 Å². The van der Waals surface area contributed by atoms with Gasteiger partial charge in [0.1, 0.15) is 0 Å². The second-order valence-corrected chi connectivity index (χ2v) is 5.88. The van der Waals surface area contributed by atoms with Crippen LogP contribution in [0.3, 0.4) is 0 Å². The summed E-state index contributed by atoms with van der Waals surface area (Å²) >= 11 is 0. The maximum atomic E-state index is 10.5.